The van der Waals surface area contributed by atoms with Gasteiger partial charge in [0.25, 0.3) is 0 Å². The summed E-state index contributed by atoms with van der Waals surface area (Å²) in [5.74, 6) is 0.137. The van der Waals surface area contributed by atoms with Crippen molar-refractivity contribution in [2.45, 2.75) is 11.3 Å². The van der Waals surface area contributed by atoms with Gasteiger partial charge in [-0.15, -0.1) is 24.0 Å². The minimum atomic E-state index is -3.39. The molecule has 1 aromatic rings. The van der Waals surface area contributed by atoms with Crippen LogP contribution in [-0.2, 0) is 9.84 Å². The highest BCUT2D eigenvalue weighted by Gasteiger charge is 2.14. The van der Waals surface area contributed by atoms with Gasteiger partial charge in [0, 0.05) is 19.6 Å². The van der Waals surface area contributed by atoms with Crippen molar-refractivity contribution in [2.75, 3.05) is 25.4 Å². The van der Waals surface area contributed by atoms with Gasteiger partial charge in [0.15, 0.2) is 15.8 Å². The lowest BCUT2D eigenvalue weighted by atomic mass is 10.4. The number of nitrogens with one attached hydrogen (secondary N) is 2. The third-order valence-corrected chi connectivity index (χ3v) is 4.47. The van der Waals surface area contributed by atoms with Crippen LogP contribution >= 0.6 is 24.0 Å². The Morgan fingerprint density at radius 1 is 1.30 bits per heavy atom. The molecule has 0 unspecified atom stereocenters. The van der Waals surface area contributed by atoms with Crippen molar-refractivity contribution in [3.63, 3.8) is 0 Å². The minimum absolute atomic E-state index is 0. The van der Waals surface area contributed by atoms with E-state index in [1.165, 1.54) is 12.1 Å². The molecule has 0 aliphatic carbocycles. The Morgan fingerprint density at radius 3 is 2.60 bits per heavy atom. The van der Waals surface area contributed by atoms with Crippen molar-refractivity contribution in [1.82, 2.24) is 10.6 Å². The summed E-state index contributed by atoms with van der Waals surface area (Å²) in [7, 11) is -3.39. The van der Waals surface area contributed by atoms with E-state index in [9.17, 15) is 12.8 Å². The van der Waals surface area contributed by atoms with Crippen LogP contribution in [0.1, 0.15) is 6.42 Å². The average molecular weight is 413 g/mol. The van der Waals surface area contributed by atoms with Gasteiger partial charge in [-0.1, -0.05) is 0 Å². The molecule has 0 bridgehead atoms. The second kappa shape index (κ2) is 7.77. The predicted octanol–water partition coefficient (Wildman–Crippen LogP) is 1.16. The summed E-state index contributed by atoms with van der Waals surface area (Å²) in [5.41, 5.74) is 0. The van der Waals surface area contributed by atoms with Crippen LogP contribution in [0.5, 0.6) is 0 Å². The molecule has 2 N–H and O–H groups in total. The standard InChI is InChI=1S/C12H16FN3O2S.HI/c13-10-2-4-11(5-3-10)19(17,18)9-8-16-12-14-6-1-7-15-12;/h2-5H,1,6-9H2,(H2,14,15,16);1H. The van der Waals surface area contributed by atoms with Crippen LogP contribution in [0, 0.1) is 5.82 Å². The molecule has 0 spiro atoms. The third-order valence-electron chi connectivity index (χ3n) is 2.73. The lowest BCUT2D eigenvalue weighted by Gasteiger charge is -2.15. The normalized spacial score (nSPS) is 14.8. The minimum Gasteiger partial charge on any atom is -0.356 e. The van der Waals surface area contributed by atoms with Crippen LogP contribution in [0.2, 0.25) is 0 Å². The third kappa shape index (κ3) is 4.89. The van der Waals surface area contributed by atoms with Gasteiger partial charge in [-0.2, -0.15) is 0 Å². The van der Waals surface area contributed by atoms with Crippen LogP contribution in [0.3, 0.4) is 0 Å². The molecular formula is C12H17FIN3O2S. The van der Waals surface area contributed by atoms with Crippen molar-refractivity contribution in [3.8, 4) is 0 Å². The fourth-order valence-corrected chi connectivity index (χ4v) is 2.87. The van der Waals surface area contributed by atoms with Crippen LogP contribution in [0.25, 0.3) is 0 Å². The number of aliphatic imine (C=N–C) groups is 1. The first-order valence-electron chi connectivity index (χ1n) is 6.08. The van der Waals surface area contributed by atoms with Gasteiger partial charge in [0.05, 0.1) is 10.6 Å². The summed E-state index contributed by atoms with van der Waals surface area (Å²) in [5, 5.41) is 5.99. The number of nitrogens with zero attached hydrogens (tertiary/aromatic N) is 1. The van der Waals surface area contributed by atoms with Gasteiger partial charge < -0.3 is 10.6 Å². The molecule has 1 aliphatic rings. The molecule has 112 valence electrons. The molecule has 0 radical (unpaired) electrons. The fourth-order valence-electron chi connectivity index (χ4n) is 1.71. The second-order valence-corrected chi connectivity index (χ2v) is 6.32. The first kappa shape index (κ1) is 17.2. The van der Waals surface area contributed by atoms with Crippen molar-refractivity contribution < 1.29 is 12.8 Å². The summed E-state index contributed by atoms with van der Waals surface area (Å²) in [6.07, 6.45) is 0.985. The van der Waals surface area contributed by atoms with Gasteiger partial charge in [0.1, 0.15) is 5.82 Å². The Kier molecular flexibility index (Phi) is 6.66. The van der Waals surface area contributed by atoms with E-state index >= 15 is 0 Å². The number of benzene rings is 1. The molecule has 8 heteroatoms. The molecule has 20 heavy (non-hydrogen) atoms. The monoisotopic (exact) mass is 413 g/mol. The first-order valence-corrected chi connectivity index (χ1v) is 7.74. The van der Waals surface area contributed by atoms with Gasteiger partial charge >= 0.3 is 0 Å². The van der Waals surface area contributed by atoms with Crippen LogP contribution in [0.4, 0.5) is 4.39 Å². The highest BCUT2D eigenvalue weighted by molar-refractivity contribution is 14.0. The van der Waals surface area contributed by atoms with Crippen LogP contribution < -0.4 is 10.6 Å². The Bertz CT molecular complexity index is 561. The van der Waals surface area contributed by atoms with Gasteiger partial charge in [-0.05, 0) is 30.7 Å². The summed E-state index contributed by atoms with van der Waals surface area (Å²) in [6.45, 7) is 1.86. The Morgan fingerprint density at radius 2 is 2.00 bits per heavy atom. The van der Waals surface area contributed by atoms with Gasteiger partial charge in [0.2, 0.25) is 0 Å². The highest BCUT2D eigenvalue weighted by atomic mass is 127. The number of sulfone groups is 1. The predicted molar refractivity (Wildman–Crippen MR) is 86.8 cm³/mol. The number of rotatable bonds is 4. The number of hydrogen-bond acceptors (Lipinski definition) is 5. The molecule has 0 aromatic heterocycles. The van der Waals surface area contributed by atoms with E-state index in [0.29, 0.717) is 5.96 Å². The summed E-state index contributed by atoms with van der Waals surface area (Å²) in [6, 6.07) is 4.85. The maximum absolute atomic E-state index is 12.7. The summed E-state index contributed by atoms with van der Waals surface area (Å²) in [4.78, 5) is 4.32. The summed E-state index contributed by atoms with van der Waals surface area (Å²) < 4.78 is 36.7. The summed E-state index contributed by atoms with van der Waals surface area (Å²) >= 11 is 0. The zero-order valence-corrected chi connectivity index (χ0v) is 13.9. The van der Waals surface area contributed by atoms with Crippen molar-refractivity contribution >= 4 is 39.8 Å². The zero-order valence-electron chi connectivity index (χ0n) is 10.8. The molecule has 0 saturated carbocycles. The van der Waals surface area contributed by atoms with Gasteiger partial charge in [-0.25, -0.2) is 12.8 Å². The van der Waals surface area contributed by atoms with Crippen LogP contribution in [-0.4, -0.2) is 39.8 Å². The smallest absolute Gasteiger partial charge is 0.191 e. The molecule has 0 amide bonds. The average Bonchev–Trinajstić information content (AvgIpc) is 2.40. The topological polar surface area (TPSA) is 70.6 Å². The molecule has 1 aromatic carbocycles. The molecule has 0 atom stereocenters. The van der Waals surface area contributed by atoms with Crippen molar-refractivity contribution in [3.05, 3.63) is 30.1 Å². The zero-order chi connectivity index (χ0) is 13.7. The molecule has 2 rings (SSSR count). The van der Waals surface area contributed by atoms with Crippen molar-refractivity contribution in [1.29, 1.82) is 0 Å². The number of guanidine groups is 1. The van der Waals surface area contributed by atoms with E-state index in [1.54, 1.807) is 0 Å². The largest absolute Gasteiger partial charge is 0.356 e. The van der Waals surface area contributed by atoms with E-state index < -0.39 is 15.7 Å². The second-order valence-electron chi connectivity index (χ2n) is 4.21. The molecule has 5 nitrogen and oxygen atoms in total. The quantitative estimate of drug-likeness (QED) is 0.574. The molecule has 0 saturated heterocycles. The molecule has 1 heterocycles. The molecule has 1 aliphatic heterocycles. The maximum atomic E-state index is 12.7. The first-order chi connectivity index (χ1) is 9.08. The lowest BCUT2D eigenvalue weighted by Crippen LogP contribution is -2.42. The lowest BCUT2D eigenvalue weighted by molar-refractivity contribution is 0.593. The van der Waals surface area contributed by atoms with E-state index in [4.69, 9.17) is 0 Å². The molecular weight excluding hydrogens is 396 g/mol. The highest BCUT2D eigenvalue weighted by Crippen LogP contribution is 2.11. The van der Waals surface area contributed by atoms with E-state index in [-0.39, 0.29) is 41.2 Å². The Hall–Kier alpha value is -0.900. The Balaban J connectivity index is 0.00000200. The van der Waals surface area contributed by atoms with E-state index in [1.807, 2.05) is 0 Å². The number of hydrogen-bond donors (Lipinski definition) is 2. The molecule has 0 fully saturated rings. The van der Waals surface area contributed by atoms with Crippen LogP contribution in [0.15, 0.2) is 34.2 Å². The number of halogens is 2. The fraction of sp³-hybridized carbons (Fsp3) is 0.417. The van der Waals surface area contributed by atoms with E-state index in [0.717, 1.165) is 31.6 Å². The van der Waals surface area contributed by atoms with E-state index in [2.05, 4.69) is 15.6 Å². The van der Waals surface area contributed by atoms with Crippen molar-refractivity contribution in [2.24, 2.45) is 4.99 Å². The SMILES string of the molecule is I.O=S(=O)(CCNC1=NCCCN1)c1ccc(F)cc1. The Labute approximate surface area is 135 Å². The van der Waals surface area contributed by atoms with Gasteiger partial charge in [-0.3, -0.25) is 4.99 Å². The maximum Gasteiger partial charge on any atom is 0.191 e.